The first kappa shape index (κ1) is 16.4. The highest BCUT2D eigenvalue weighted by atomic mass is 16.5. The Bertz CT molecular complexity index is 431. The first-order chi connectivity index (χ1) is 9.65. The van der Waals surface area contributed by atoms with Crippen LogP contribution in [0.2, 0.25) is 0 Å². The lowest BCUT2D eigenvalue weighted by Gasteiger charge is -2.17. The number of nitriles is 1. The maximum atomic E-state index is 9.82. The van der Waals surface area contributed by atoms with Crippen LogP contribution in [0.15, 0.2) is 24.3 Å². The second kappa shape index (κ2) is 9.32. The third-order valence-corrected chi connectivity index (χ3v) is 2.68. The van der Waals surface area contributed by atoms with E-state index in [1.165, 1.54) is 0 Å². The van der Waals surface area contributed by atoms with E-state index in [9.17, 15) is 5.11 Å². The third kappa shape index (κ3) is 6.53. The number of rotatable bonds is 9. The highest BCUT2D eigenvalue weighted by Gasteiger charge is 2.08. The maximum absolute atomic E-state index is 9.82. The molecular weight excluding hydrogens is 256 g/mol. The minimum atomic E-state index is -0.607. The Labute approximate surface area is 120 Å². The molecule has 0 spiro atoms. The normalized spacial score (nSPS) is 13.5. The van der Waals surface area contributed by atoms with Gasteiger partial charge in [-0.1, -0.05) is 6.07 Å². The summed E-state index contributed by atoms with van der Waals surface area (Å²) in [6, 6.07) is 9.11. The maximum Gasteiger partial charge on any atom is 0.120 e. The van der Waals surface area contributed by atoms with E-state index < -0.39 is 6.10 Å². The molecule has 110 valence electrons. The van der Waals surface area contributed by atoms with Gasteiger partial charge in [-0.2, -0.15) is 5.26 Å². The van der Waals surface area contributed by atoms with Gasteiger partial charge in [-0.25, -0.2) is 0 Å². The molecule has 0 aliphatic heterocycles. The van der Waals surface area contributed by atoms with E-state index in [1.54, 1.807) is 24.3 Å². The van der Waals surface area contributed by atoms with Gasteiger partial charge in [-0.05, 0) is 32.0 Å². The molecule has 0 saturated heterocycles. The molecule has 5 heteroatoms. The van der Waals surface area contributed by atoms with Crippen LogP contribution in [0.4, 0.5) is 0 Å². The fourth-order valence-corrected chi connectivity index (χ4v) is 1.60. The number of ether oxygens (including phenoxy) is 2. The first-order valence-electron chi connectivity index (χ1n) is 6.77. The van der Waals surface area contributed by atoms with Gasteiger partial charge in [0.15, 0.2) is 0 Å². The lowest BCUT2D eigenvalue weighted by Crippen LogP contribution is -2.38. The topological polar surface area (TPSA) is 74.5 Å². The van der Waals surface area contributed by atoms with Crippen molar-refractivity contribution >= 4 is 0 Å². The predicted octanol–water partition coefficient (Wildman–Crippen LogP) is 1.31. The van der Waals surface area contributed by atoms with E-state index in [-0.39, 0.29) is 12.6 Å². The molecule has 0 aromatic heterocycles. The Hall–Kier alpha value is -1.61. The molecule has 5 nitrogen and oxygen atoms in total. The molecule has 2 unspecified atom stereocenters. The lowest BCUT2D eigenvalue weighted by atomic mass is 10.2. The molecule has 0 aliphatic carbocycles. The molecular formula is C15H22N2O3. The highest BCUT2D eigenvalue weighted by molar-refractivity contribution is 5.36. The number of nitrogens with zero attached hydrogens (tertiary/aromatic N) is 1. The van der Waals surface area contributed by atoms with Crippen molar-refractivity contribution in [2.45, 2.75) is 26.0 Å². The Kier molecular flexibility index (Phi) is 7.66. The standard InChI is InChI=1S/C15H22N2O3/c1-3-19-10-12(2)17-9-14(18)11-20-15-6-4-5-13(7-15)8-16/h4-7,12,14,17-18H,3,9-11H2,1-2H3. The average Bonchev–Trinajstić information content (AvgIpc) is 2.49. The van der Waals surface area contributed by atoms with Crippen molar-refractivity contribution in [1.29, 1.82) is 5.26 Å². The quantitative estimate of drug-likeness (QED) is 0.712. The van der Waals surface area contributed by atoms with Crippen LogP contribution < -0.4 is 10.1 Å². The monoisotopic (exact) mass is 278 g/mol. The van der Waals surface area contributed by atoms with Gasteiger partial charge >= 0.3 is 0 Å². The second-order valence-corrected chi connectivity index (χ2v) is 4.57. The van der Waals surface area contributed by atoms with E-state index in [2.05, 4.69) is 5.32 Å². The van der Waals surface area contributed by atoms with E-state index in [0.29, 0.717) is 31.1 Å². The predicted molar refractivity (Wildman–Crippen MR) is 76.6 cm³/mol. The number of benzene rings is 1. The second-order valence-electron chi connectivity index (χ2n) is 4.57. The lowest BCUT2D eigenvalue weighted by molar-refractivity contribution is 0.0907. The van der Waals surface area contributed by atoms with Crippen LogP contribution >= 0.6 is 0 Å². The van der Waals surface area contributed by atoms with E-state index in [0.717, 1.165) is 0 Å². The first-order valence-corrected chi connectivity index (χ1v) is 6.77. The largest absolute Gasteiger partial charge is 0.491 e. The van der Waals surface area contributed by atoms with Crippen LogP contribution in [0.25, 0.3) is 0 Å². The minimum absolute atomic E-state index is 0.184. The van der Waals surface area contributed by atoms with Gasteiger partial charge in [-0.3, -0.25) is 0 Å². The van der Waals surface area contributed by atoms with Crippen LogP contribution in [0.3, 0.4) is 0 Å². The van der Waals surface area contributed by atoms with Crippen LogP contribution in [-0.4, -0.2) is 43.6 Å². The molecule has 2 atom stereocenters. The Morgan fingerprint density at radius 3 is 2.90 bits per heavy atom. The van der Waals surface area contributed by atoms with Gasteiger partial charge < -0.3 is 19.9 Å². The number of aliphatic hydroxyl groups is 1. The minimum Gasteiger partial charge on any atom is -0.491 e. The fraction of sp³-hybridized carbons (Fsp3) is 0.533. The molecule has 1 aromatic rings. The smallest absolute Gasteiger partial charge is 0.120 e. The van der Waals surface area contributed by atoms with Crippen LogP contribution in [0.1, 0.15) is 19.4 Å². The summed E-state index contributed by atoms with van der Waals surface area (Å²) in [6.45, 7) is 5.88. The molecule has 2 N–H and O–H groups in total. The van der Waals surface area contributed by atoms with Crippen molar-refractivity contribution < 1.29 is 14.6 Å². The molecule has 0 amide bonds. The average molecular weight is 278 g/mol. The van der Waals surface area contributed by atoms with E-state index in [4.69, 9.17) is 14.7 Å². The molecule has 0 bridgehead atoms. The summed E-state index contributed by atoms with van der Waals surface area (Å²) >= 11 is 0. The van der Waals surface area contributed by atoms with Gasteiger partial charge in [-0.15, -0.1) is 0 Å². The summed E-state index contributed by atoms with van der Waals surface area (Å²) < 4.78 is 10.7. The summed E-state index contributed by atoms with van der Waals surface area (Å²) in [4.78, 5) is 0. The summed E-state index contributed by atoms with van der Waals surface area (Å²) in [6.07, 6.45) is -0.607. The van der Waals surface area contributed by atoms with Crippen molar-refractivity contribution in [2.24, 2.45) is 0 Å². The van der Waals surface area contributed by atoms with Gasteiger partial charge in [0.1, 0.15) is 18.5 Å². The number of hydrogen-bond acceptors (Lipinski definition) is 5. The molecule has 0 aliphatic rings. The summed E-state index contributed by atoms with van der Waals surface area (Å²) in [7, 11) is 0. The molecule has 1 rings (SSSR count). The Morgan fingerprint density at radius 1 is 1.40 bits per heavy atom. The van der Waals surface area contributed by atoms with E-state index >= 15 is 0 Å². The zero-order chi connectivity index (χ0) is 14.8. The van der Waals surface area contributed by atoms with Crippen molar-refractivity contribution in [3.05, 3.63) is 29.8 Å². The number of aliphatic hydroxyl groups excluding tert-OH is 1. The van der Waals surface area contributed by atoms with Crippen molar-refractivity contribution in [3.63, 3.8) is 0 Å². The summed E-state index contributed by atoms with van der Waals surface area (Å²) in [5.74, 6) is 0.588. The highest BCUT2D eigenvalue weighted by Crippen LogP contribution is 2.12. The summed E-state index contributed by atoms with van der Waals surface area (Å²) in [5, 5.41) is 21.8. The van der Waals surface area contributed by atoms with Gasteiger partial charge in [0.25, 0.3) is 0 Å². The summed E-state index contributed by atoms with van der Waals surface area (Å²) in [5.41, 5.74) is 0.542. The zero-order valence-corrected chi connectivity index (χ0v) is 12.0. The fourth-order valence-electron chi connectivity index (χ4n) is 1.60. The van der Waals surface area contributed by atoms with Crippen LogP contribution in [0, 0.1) is 11.3 Å². The van der Waals surface area contributed by atoms with Crippen LogP contribution in [-0.2, 0) is 4.74 Å². The van der Waals surface area contributed by atoms with Crippen LogP contribution in [0.5, 0.6) is 5.75 Å². The molecule has 0 heterocycles. The van der Waals surface area contributed by atoms with Gasteiger partial charge in [0, 0.05) is 19.2 Å². The van der Waals surface area contributed by atoms with Gasteiger partial charge in [0.05, 0.1) is 18.2 Å². The number of hydrogen-bond donors (Lipinski definition) is 2. The number of nitrogens with one attached hydrogen (secondary N) is 1. The third-order valence-electron chi connectivity index (χ3n) is 2.68. The van der Waals surface area contributed by atoms with E-state index in [1.807, 2.05) is 19.9 Å². The van der Waals surface area contributed by atoms with Gasteiger partial charge in [0.2, 0.25) is 0 Å². The molecule has 0 radical (unpaired) electrons. The zero-order valence-electron chi connectivity index (χ0n) is 12.0. The van der Waals surface area contributed by atoms with Crippen molar-refractivity contribution in [1.82, 2.24) is 5.32 Å². The molecule has 0 saturated carbocycles. The Balaban J connectivity index is 2.25. The SMILES string of the molecule is CCOCC(C)NCC(O)COc1cccc(C#N)c1. The Morgan fingerprint density at radius 2 is 2.20 bits per heavy atom. The molecule has 20 heavy (non-hydrogen) atoms. The molecule has 0 fully saturated rings. The molecule has 1 aromatic carbocycles. The van der Waals surface area contributed by atoms with Crippen molar-refractivity contribution in [3.8, 4) is 11.8 Å². The van der Waals surface area contributed by atoms with Crippen molar-refractivity contribution in [2.75, 3.05) is 26.4 Å².